The van der Waals surface area contributed by atoms with Gasteiger partial charge in [-0.3, -0.25) is 0 Å². The van der Waals surface area contributed by atoms with Gasteiger partial charge in [-0.15, -0.1) is 0 Å². The second-order valence-electron chi connectivity index (χ2n) is 11.9. The molecule has 0 amide bonds. The number of hydrogen-bond acceptors (Lipinski definition) is 4. The van der Waals surface area contributed by atoms with E-state index in [0.717, 1.165) is 30.1 Å². The average molecular weight is 413 g/mol. The molecule has 0 unspecified atom stereocenters. The number of aliphatic hydroxyl groups is 1. The third kappa shape index (κ3) is 3.64. The minimum atomic E-state index is -1.94. The van der Waals surface area contributed by atoms with Crippen molar-refractivity contribution < 1.29 is 19.0 Å². The van der Waals surface area contributed by atoms with Crippen molar-refractivity contribution in [3.8, 4) is 0 Å². The van der Waals surface area contributed by atoms with Gasteiger partial charge in [0.2, 0.25) is 0 Å². The summed E-state index contributed by atoms with van der Waals surface area (Å²) in [6.45, 7) is 19.3. The summed E-state index contributed by atoms with van der Waals surface area (Å²) < 4.78 is 18.6. The molecule has 0 bridgehead atoms. The molecule has 164 valence electrons. The first-order valence-corrected chi connectivity index (χ1v) is 14.2. The summed E-state index contributed by atoms with van der Waals surface area (Å²) in [6, 6.07) is 0. The van der Waals surface area contributed by atoms with Crippen molar-refractivity contribution >= 4 is 8.32 Å². The summed E-state index contributed by atoms with van der Waals surface area (Å²) in [5.74, 6) is 3.99. The van der Waals surface area contributed by atoms with E-state index in [0.29, 0.717) is 18.6 Å². The quantitative estimate of drug-likeness (QED) is 0.476. The topological polar surface area (TPSA) is 47.9 Å². The monoisotopic (exact) mass is 412 g/mol. The van der Waals surface area contributed by atoms with Crippen molar-refractivity contribution in [1.29, 1.82) is 0 Å². The van der Waals surface area contributed by atoms with Gasteiger partial charge in [0.05, 0.1) is 12.2 Å². The molecule has 8 atom stereocenters. The third-order valence-electron chi connectivity index (χ3n) is 8.81. The summed E-state index contributed by atoms with van der Waals surface area (Å²) in [6.07, 6.45) is 2.20. The molecule has 3 aliphatic rings. The van der Waals surface area contributed by atoms with Crippen LogP contribution in [-0.4, -0.2) is 46.1 Å². The van der Waals surface area contributed by atoms with Gasteiger partial charge in [0.1, 0.15) is 6.79 Å². The molecule has 1 N–H and O–H groups in total. The highest BCUT2D eigenvalue weighted by Crippen LogP contribution is 2.74. The standard InChI is InChI=1S/C23H44O4Si/c1-14(2)18-16-11-23(6)20(19(16)18)15(12-24)10-17(26-13-25-7)21(23)27-28(8,9)22(3,4)5/h14-21,24H,10-13H2,1-9H3/t15-,16-,17-,18-,19-,20-,21+,23+/m1/s1. The highest BCUT2D eigenvalue weighted by Gasteiger charge is 2.72. The Morgan fingerprint density at radius 1 is 1.21 bits per heavy atom. The Labute approximate surface area is 173 Å². The fraction of sp³-hybridized carbons (Fsp3) is 1.00. The zero-order valence-corrected chi connectivity index (χ0v) is 20.6. The molecule has 3 fully saturated rings. The fourth-order valence-corrected chi connectivity index (χ4v) is 7.99. The van der Waals surface area contributed by atoms with Crippen LogP contribution in [0, 0.1) is 40.9 Å². The minimum absolute atomic E-state index is 0.00229. The lowest BCUT2D eigenvalue weighted by Crippen LogP contribution is -2.60. The van der Waals surface area contributed by atoms with E-state index in [1.165, 1.54) is 6.42 Å². The molecule has 4 nitrogen and oxygen atoms in total. The number of rotatable bonds is 7. The summed E-state index contributed by atoms with van der Waals surface area (Å²) in [5, 5.41) is 10.5. The van der Waals surface area contributed by atoms with Gasteiger partial charge in [-0.2, -0.15) is 0 Å². The molecule has 0 aromatic rings. The zero-order chi connectivity index (χ0) is 21.1. The van der Waals surface area contributed by atoms with Gasteiger partial charge in [0.25, 0.3) is 0 Å². The normalized spacial score (nSPS) is 43.2. The molecule has 3 rings (SSSR count). The van der Waals surface area contributed by atoms with Crippen LogP contribution in [0.4, 0.5) is 0 Å². The molecule has 0 heterocycles. The van der Waals surface area contributed by atoms with Crippen LogP contribution in [0.3, 0.4) is 0 Å². The van der Waals surface area contributed by atoms with Crippen molar-refractivity contribution in [1.82, 2.24) is 0 Å². The summed E-state index contributed by atoms with van der Waals surface area (Å²) in [5.41, 5.74) is 0.0836. The van der Waals surface area contributed by atoms with Crippen molar-refractivity contribution in [2.75, 3.05) is 20.5 Å². The van der Waals surface area contributed by atoms with Gasteiger partial charge in [-0.25, -0.2) is 0 Å². The Morgan fingerprint density at radius 3 is 2.36 bits per heavy atom. The van der Waals surface area contributed by atoms with Crippen LogP contribution < -0.4 is 0 Å². The largest absolute Gasteiger partial charge is 0.411 e. The van der Waals surface area contributed by atoms with E-state index in [1.54, 1.807) is 7.11 Å². The van der Waals surface area contributed by atoms with Crippen LogP contribution in [0.15, 0.2) is 0 Å². The van der Waals surface area contributed by atoms with E-state index < -0.39 is 8.32 Å². The highest BCUT2D eigenvalue weighted by atomic mass is 28.4. The number of methoxy groups -OCH3 is 1. The van der Waals surface area contributed by atoms with E-state index in [-0.39, 0.29) is 29.3 Å². The Morgan fingerprint density at radius 2 is 1.86 bits per heavy atom. The van der Waals surface area contributed by atoms with Crippen LogP contribution in [0.25, 0.3) is 0 Å². The molecule has 0 saturated heterocycles. The lowest BCUT2D eigenvalue weighted by molar-refractivity contribution is -0.186. The van der Waals surface area contributed by atoms with E-state index in [2.05, 4.69) is 54.6 Å². The van der Waals surface area contributed by atoms with Crippen LogP contribution in [-0.2, 0) is 13.9 Å². The molecule has 0 aromatic carbocycles. The Kier molecular flexibility index (Phi) is 6.20. The first kappa shape index (κ1) is 22.7. The third-order valence-corrected chi connectivity index (χ3v) is 13.3. The number of hydrogen-bond donors (Lipinski definition) is 1. The van der Waals surface area contributed by atoms with Crippen LogP contribution in [0.2, 0.25) is 18.1 Å². The van der Waals surface area contributed by atoms with Crippen molar-refractivity contribution in [2.24, 2.45) is 40.9 Å². The number of fused-ring (bicyclic) bond motifs is 3. The second-order valence-corrected chi connectivity index (χ2v) is 16.6. The summed E-state index contributed by atoms with van der Waals surface area (Å²) in [4.78, 5) is 0. The van der Waals surface area contributed by atoms with E-state index in [9.17, 15) is 5.11 Å². The molecule has 3 aliphatic carbocycles. The lowest BCUT2D eigenvalue weighted by atomic mass is 9.59. The SMILES string of the molecule is COCO[C@@H]1C[C@H](CO)[C@@H]2[C@@H]3[C@H](C[C@]2(C)[C@H]1O[Si](C)(C)C(C)(C)C)[C@H]3C(C)C. The number of aliphatic hydroxyl groups excluding tert-OH is 1. The Bertz CT molecular complexity index is 557. The lowest BCUT2D eigenvalue weighted by Gasteiger charge is -2.55. The predicted octanol–water partition coefficient (Wildman–Crippen LogP) is 4.92. The van der Waals surface area contributed by atoms with Crippen LogP contribution in [0.5, 0.6) is 0 Å². The molecular formula is C23H44O4Si. The minimum Gasteiger partial charge on any atom is -0.411 e. The fourth-order valence-electron chi connectivity index (χ4n) is 6.58. The molecular weight excluding hydrogens is 368 g/mol. The van der Waals surface area contributed by atoms with Crippen molar-refractivity contribution in [2.45, 2.75) is 84.7 Å². The summed E-state index contributed by atoms with van der Waals surface area (Å²) in [7, 11) is -0.263. The van der Waals surface area contributed by atoms with Crippen LogP contribution in [0.1, 0.15) is 54.4 Å². The molecule has 0 spiro atoms. The van der Waals surface area contributed by atoms with E-state index in [4.69, 9.17) is 13.9 Å². The molecule has 28 heavy (non-hydrogen) atoms. The van der Waals surface area contributed by atoms with E-state index in [1.807, 2.05) is 0 Å². The maximum absolute atomic E-state index is 10.3. The van der Waals surface area contributed by atoms with Gasteiger partial charge in [-0.1, -0.05) is 41.5 Å². The Hall–Kier alpha value is 0.0569. The molecule has 0 aliphatic heterocycles. The van der Waals surface area contributed by atoms with Gasteiger partial charge in [-0.05, 0) is 71.9 Å². The summed E-state index contributed by atoms with van der Waals surface area (Å²) >= 11 is 0. The van der Waals surface area contributed by atoms with Crippen molar-refractivity contribution in [3.05, 3.63) is 0 Å². The first-order valence-electron chi connectivity index (χ1n) is 11.3. The smallest absolute Gasteiger partial charge is 0.192 e. The van der Waals surface area contributed by atoms with Crippen LogP contribution >= 0.6 is 0 Å². The van der Waals surface area contributed by atoms with E-state index >= 15 is 0 Å². The highest BCUT2D eigenvalue weighted by molar-refractivity contribution is 6.74. The average Bonchev–Trinajstić information content (AvgIpc) is 3.17. The zero-order valence-electron chi connectivity index (χ0n) is 19.6. The predicted molar refractivity (Wildman–Crippen MR) is 116 cm³/mol. The van der Waals surface area contributed by atoms with Gasteiger partial charge >= 0.3 is 0 Å². The molecule has 0 radical (unpaired) electrons. The van der Waals surface area contributed by atoms with Gasteiger partial charge in [0.15, 0.2) is 8.32 Å². The molecule has 5 heteroatoms. The van der Waals surface area contributed by atoms with Gasteiger partial charge < -0.3 is 19.0 Å². The first-order chi connectivity index (χ1) is 12.9. The Balaban J connectivity index is 1.92. The second kappa shape index (κ2) is 7.63. The molecule has 3 saturated carbocycles. The van der Waals surface area contributed by atoms with Gasteiger partial charge in [0, 0.05) is 13.7 Å². The molecule has 0 aromatic heterocycles. The van der Waals surface area contributed by atoms with Crippen molar-refractivity contribution in [3.63, 3.8) is 0 Å². The maximum Gasteiger partial charge on any atom is 0.192 e. The maximum atomic E-state index is 10.3. The number of ether oxygens (including phenoxy) is 2.